The first kappa shape index (κ1) is 18.6. The van der Waals surface area contributed by atoms with E-state index in [4.69, 9.17) is 4.74 Å². The molecule has 1 amide bonds. The third-order valence-corrected chi connectivity index (χ3v) is 5.17. The molecule has 0 aromatic carbocycles. The van der Waals surface area contributed by atoms with E-state index in [2.05, 4.69) is 15.0 Å². The van der Waals surface area contributed by atoms with E-state index in [1.807, 2.05) is 36.0 Å². The molecular formula is C21H25N5O2. The van der Waals surface area contributed by atoms with Crippen molar-refractivity contribution in [1.29, 1.82) is 0 Å². The Morgan fingerprint density at radius 3 is 3.07 bits per heavy atom. The Bertz CT molecular complexity index is 934. The number of amides is 1. The van der Waals surface area contributed by atoms with Crippen molar-refractivity contribution >= 4 is 17.1 Å². The van der Waals surface area contributed by atoms with Gasteiger partial charge in [0.25, 0.3) is 5.91 Å². The van der Waals surface area contributed by atoms with Gasteiger partial charge in [0.1, 0.15) is 5.52 Å². The van der Waals surface area contributed by atoms with Crippen LogP contribution in [0, 0.1) is 0 Å². The quantitative estimate of drug-likeness (QED) is 0.631. The van der Waals surface area contributed by atoms with Crippen molar-refractivity contribution in [2.45, 2.75) is 38.3 Å². The lowest BCUT2D eigenvalue weighted by Crippen LogP contribution is -2.28. The van der Waals surface area contributed by atoms with Gasteiger partial charge in [-0.2, -0.15) is 0 Å². The largest absolute Gasteiger partial charge is 0.378 e. The monoisotopic (exact) mass is 379 g/mol. The molecule has 7 heteroatoms. The van der Waals surface area contributed by atoms with Crippen LogP contribution in [0.5, 0.6) is 0 Å². The van der Waals surface area contributed by atoms with E-state index in [0.29, 0.717) is 24.8 Å². The van der Waals surface area contributed by atoms with Gasteiger partial charge in [-0.15, -0.1) is 0 Å². The summed E-state index contributed by atoms with van der Waals surface area (Å²) >= 11 is 0. The molecule has 1 atom stereocenters. The summed E-state index contributed by atoms with van der Waals surface area (Å²) in [6.45, 7) is 2.23. The second-order valence-electron chi connectivity index (χ2n) is 7.30. The van der Waals surface area contributed by atoms with E-state index >= 15 is 0 Å². The normalized spacial score (nSPS) is 16.5. The lowest BCUT2D eigenvalue weighted by Gasteiger charge is -2.18. The summed E-state index contributed by atoms with van der Waals surface area (Å²) in [5.41, 5.74) is 3.14. The van der Waals surface area contributed by atoms with Crippen LogP contribution in [0.15, 0.2) is 43.1 Å². The molecule has 146 valence electrons. The fraction of sp³-hybridized carbons (Fsp3) is 0.429. The van der Waals surface area contributed by atoms with E-state index in [9.17, 15) is 4.79 Å². The number of rotatable bonds is 7. The van der Waals surface area contributed by atoms with Crippen LogP contribution in [0.4, 0.5) is 0 Å². The highest BCUT2D eigenvalue weighted by Crippen LogP contribution is 2.18. The fourth-order valence-electron chi connectivity index (χ4n) is 3.62. The van der Waals surface area contributed by atoms with Crippen LogP contribution < -0.4 is 0 Å². The molecule has 7 nitrogen and oxygen atoms in total. The molecular weight excluding hydrogens is 354 g/mol. The predicted molar refractivity (Wildman–Crippen MR) is 106 cm³/mol. The van der Waals surface area contributed by atoms with E-state index in [1.54, 1.807) is 23.6 Å². The van der Waals surface area contributed by atoms with Crippen molar-refractivity contribution < 1.29 is 9.53 Å². The van der Waals surface area contributed by atoms with Crippen molar-refractivity contribution in [1.82, 2.24) is 24.4 Å². The van der Waals surface area contributed by atoms with E-state index in [-0.39, 0.29) is 5.91 Å². The van der Waals surface area contributed by atoms with Crippen molar-refractivity contribution in [2.24, 2.45) is 0 Å². The number of fused-ring (bicyclic) bond motifs is 1. The van der Waals surface area contributed by atoms with Crippen LogP contribution in [0.2, 0.25) is 0 Å². The number of hydrogen-bond donors (Lipinski definition) is 0. The van der Waals surface area contributed by atoms with Gasteiger partial charge < -0.3 is 14.2 Å². The van der Waals surface area contributed by atoms with Gasteiger partial charge in [-0.25, -0.2) is 9.97 Å². The summed E-state index contributed by atoms with van der Waals surface area (Å²) in [6.07, 6.45) is 11.6. The maximum absolute atomic E-state index is 12.7. The van der Waals surface area contributed by atoms with Crippen LogP contribution in [0.1, 0.15) is 41.6 Å². The summed E-state index contributed by atoms with van der Waals surface area (Å²) in [5, 5.41) is 0. The van der Waals surface area contributed by atoms with Crippen LogP contribution >= 0.6 is 0 Å². The van der Waals surface area contributed by atoms with E-state index < -0.39 is 0 Å². The average molecular weight is 379 g/mol. The van der Waals surface area contributed by atoms with Crippen LogP contribution in [0.25, 0.3) is 11.2 Å². The van der Waals surface area contributed by atoms with Gasteiger partial charge in [-0.1, -0.05) is 6.07 Å². The number of pyridine rings is 2. The number of aromatic nitrogens is 4. The van der Waals surface area contributed by atoms with Gasteiger partial charge >= 0.3 is 0 Å². The highest BCUT2D eigenvalue weighted by atomic mass is 16.5. The first-order valence-electron chi connectivity index (χ1n) is 9.77. The Hall–Kier alpha value is -2.80. The minimum Gasteiger partial charge on any atom is -0.378 e. The summed E-state index contributed by atoms with van der Waals surface area (Å²) in [7, 11) is 1.84. The Labute approximate surface area is 164 Å². The first-order chi connectivity index (χ1) is 13.7. The minimum absolute atomic E-state index is 0.0245. The third-order valence-electron chi connectivity index (χ3n) is 5.17. The van der Waals surface area contributed by atoms with Crippen molar-refractivity contribution in [2.75, 3.05) is 20.2 Å². The Balaban J connectivity index is 1.40. The molecule has 1 saturated heterocycles. The zero-order valence-corrected chi connectivity index (χ0v) is 16.1. The SMILES string of the molecule is CN(CCCC1CCCO1)C(=O)c1cnc2c(c1)ncn2Cc1cccnc1. The molecule has 4 rings (SSSR count). The maximum Gasteiger partial charge on any atom is 0.255 e. The van der Waals surface area contributed by atoms with Crippen LogP contribution in [0.3, 0.4) is 0 Å². The fourth-order valence-corrected chi connectivity index (χ4v) is 3.62. The standard InChI is InChI=1S/C21H25N5O2/c1-25(9-3-6-18-7-4-10-28-18)21(27)17-11-19-20(23-13-17)26(15-24-19)14-16-5-2-8-22-12-16/h2,5,8,11-13,15,18H,3-4,6-7,9-10,14H2,1H3. The maximum atomic E-state index is 12.7. The minimum atomic E-state index is -0.0245. The van der Waals surface area contributed by atoms with Gasteiger partial charge in [0.15, 0.2) is 5.65 Å². The first-order valence-corrected chi connectivity index (χ1v) is 9.77. The molecule has 3 aromatic heterocycles. The molecule has 3 aromatic rings. The molecule has 0 N–H and O–H groups in total. The Kier molecular flexibility index (Phi) is 5.62. The molecule has 0 saturated carbocycles. The topological polar surface area (TPSA) is 73.1 Å². The summed E-state index contributed by atoms with van der Waals surface area (Å²) in [4.78, 5) is 27.5. The molecule has 1 aliphatic rings. The lowest BCUT2D eigenvalue weighted by molar-refractivity contribution is 0.0763. The van der Waals surface area contributed by atoms with Gasteiger partial charge in [0.2, 0.25) is 0 Å². The molecule has 28 heavy (non-hydrogen) atoms. The summed E-state index contributed by atoms with van der Waals surface area (Å²) in [5.74, 6) is -0.0245. The lowest BCUT2D eigenvalue weighted by atomic mass is 10.1. The van der Waals surface area contributed by atoms with Crippen molar-refractivity contribution in [3.63, 3.8) is 0 Å². The summed E-state index contributed by atoms with van der Waals surface area (Å²) < 4.78 is 7.61. The Morgan fingerprint density at radius 2 is 2.29 bits per heavy atom. The highest BCUT2D eigenvalue weighted by molar-refractivity contribution is 5.96. The smallest absolute Gasteiger partial charge is 0.255 e. The van der Waals surface area contributed by atoms with Crippen LogP contribution in [-0.2, 0) is 11.3 Å². The molecule has 0 aliphatic carbocycles. The summed E-state index contributed by atoms with van der Waals surface area (Å²) in [6, 6.07) is 5.75. The molecule has 1 unspecified atom stereocenters. The van der Waals surface area contributed by atoms with E-state index in [1.165, 1.54) is 0 Å². The van der Waals surface area contributed by atoms with Gasteiger partial charge in [0.05, 0.1) is 24.5 Å². The number of hydrogen-bond acceptors (Lipinski definition) is 5. The van der Waals surface area contributed by atoms with Gasteiger partial charge in [-0.05, 0) is 43.4 Å². The number of carbonyl (C=O) groups excluding carboxylic acids is 1. The van der Waals surface area contributed by atoms with Gasteiger partial charge in [0, 0.05) is 38.8 Å². The molecule has 0 bridgehead atoms. The molecule has 1 aliphatic heterocycles. The average Bonchev–Trinajstić information content (AvgIpc) is 3.38. The van der Waals surface area contributed by atoms with Crippen LogP contribution in [-0.4, -0.2) is 56.6 Å². The number of ether oxygens (including phenoxy) is 1. The molecule has 0 radical (unpaired) electrons. The van der Waals surface area contributed by atoms with E-state index in [0.717, 1.165) is 49.0 Å². The highest BCUT2D eigenvalue weighted by Gasteiger charge is 2.17. The number of carbonyl (C=O) groups is 1. The van der Waals surface area contributed by atoms with Gasteiger partial charge in [-0.3, -0.25) is 9.78 Å². The molecule has 4 heterocycles. The number of nitrogens with zero attached hydrogens (tertiary/aromatic N) is 5. The molecule has 0 spiro atoms. The second kappa shape index (κ2) is 8.48. The zero-order valence-electron chi connectivity index (χ0n) is 16.1. The second-order valence-corrected chi connectivity index (χ2v) is 7.30. The zero-order chi connectivity index (χ0) is 19.3. The van der Waals surface area contributed by atoms with Crippen molar-refractivity contribution in [3.8, 4) is 0 Å². The Morgan fingerprint density at radius 1 is 1.36 bits per heavy atom. The third kappa shape index (κ3) is 4.20. The van der Waals surface area contributed by atoms with Crippen molar-refractivity contribution in [3.05, 3.63) is 54.2 Å². The number of imidazole rings is 1. The molecule has 1 fully saturated rings. The predicted octanol–water partition coefficient (Wildman–Crippen LogP) is 2.91.